The zero-order valence-electron chi connectivity index (χ0n) is 10.5. The Balaban J connectivity index is 2.02. The minimum Gasteiger partial charge on any atom is -0.293 e. The number of rotatable bonds is 1. The number of benzene rings is 2. The van der Waals surface area contributed by atoms with Gasteiger partial charge in [0.25, 0.3) is 0 Å². The number of hydrogen-bond donors (Lipinski definition) is 0. The number of fused-ring (bicyclic) bond motifs is 1. The van der Waals surface area contributed by atoms with Gasteiger partial charge in [-0.25, -0.2) is 0 Å². The first-order valence-corrected chi connectivity index (χ1v) is 6.44. The van der Waals surface area contributed by atoms with Gasteiger partial charge in [0.2, 0.25) is 0 Å². The molecular formula is C17H16O. The normalized spacial score (nSPS) is 18.5. The van der Waals surface area contributed by atoms with Crippen molar-refractivity contribution in [3.63, 3.8) is 0 Å². The highest BCUT2D eigenvalue weighted by molar-refractivity contribution is 6.03. The number of aryl methyl sites for hydroxylation is 2. The highest BCUT2D eigenvalue weighted by Crippen LogP contribution is 2.32. The van der Waals surface area contributed by atoms with Gasteiger partial charge >= 0.3 is 0 Å². The predicted octanol–water partition coefficient (Wildman–Crippen LogP) is 3.91. The molecule has 18 heavy (non-hydrogen) atoms. The summed E-state index contributed by atoms with van der Waals surface area (Å²) in [4.78, 5) is 12.6. The summed E-state index contributed by atoms with van der Waals surface area (Å²) < 4.78 is 0. The van der Waals surface area contributed by atoms with E-state index in [9.17, 15) is 4.79 Å². The molecule has 1 aliphatic rings. The maximum atomic E-state index is 12.6. The lowest BCUT2D eigenvalue weighted by Gasteiger charge is -2.24. The molecule has 0 saturated heterocycles. The van der Waals surface area contributed by atoms with Gasteiger partial charge < -0.3 is 0 Å². The SMILES string of the molecule is Cc1ccc2c(c1)C(=O)[C@@H](c1ccccc1)CC2. The van der Waals surface area contributed by atoms with E-state index in [4.69, 9.17) is 0 Å². The molecule has 0 bridgehead atoms. The highest BCUT2D eigenvalue weighted by atomic mass is 16.1. The summed E-state index contributed by atoms with van der Waals surface area (Å²) in [7, 11) is 0. The van der Waals surface area contributed by atoms with Crippen molar-refractivity contribution in [3.8, 4) is 0 Å². The fourth-order valence-electron chi connectivity index (χ4n) is 2.76. The van der Waals surface area contributed by atoms with Gasteiger partial charge in [-0.1, -0.05) is 48.0 Å². The maximum Gasteiger partial charge on any atom is 0.170 e. The molecule has 0 saturated carbocycles. The molecule has 1 atom stereocenters. The van der Waals surface area contributed by atoms with Crippen LogP contribution in [0.15, 0.2) is 48.5 Å². The van der Waals surface area contributed by atoms with Crippen molar-refractivity contribution in [2.75, 3.05) is 0 Å². The first-order chi connectivity index (χ1) is 8.75. The van der Waals surface area contributed by atoms with Gasteiger partial charge in [0.05, 0.1) is 0 Å². The van der Waals surface area contributed by atoms with Gasteiger partial charge in [0.15, 0.2) is 5.78 Å². The van der Waals surface area contributed by atoms with Crippen LogP contribution in [0.25, 0.3) is 0 Å². The van der Waals surface area contributed by atoms with E-state index in [-0.39, 0.29) is 11.7 Å². The first-order valence-electron chi connectivity index (χ1n) is 6.44. The minimum absolute atomic E-state index is 0.0421. The molecule has 1 nitrogen and oxygen atoms in total. The largest absolute Gasteiger partial charge is 0.293 e. The van der Waals surface area contributed by atoms with Gasteiger partial charge in [-0.2, -0.15) is 0 Å². The van der Waals surface area contributed by atoms with Crippen LogP contribution in [0, 0.1) is 6.92 Å². The smallest absolute Gasteiger partial charge is 0.170 e. The monoisotopic (exact) mass is 236 g/mol. The quantitative estimate of drug-likeness (QED) is 0.733. The molecule has 0 fully saturated rings. The van der Waals surface area contributed by atoms with Gasteiger partial charge in [0, 0.05) is 11.5 Å². The van der Waals surface area contributed by atoms with Gasteiger partial charge in [-0.15, -0.1) is 0 Å². The third kappa shape index (κ3) is 1.86. The van der Waals surface area contributed by atoms with E-state index in [1.165, 1.54) is 5.56 Å². The second-order valence-electron chi connectivity index (χ2n) is 5.03. The summed E-state index contributed by atoms with van der Waals surface area (Å²) in [5.41, 5.74) is 4.44. The molecular weight excluding hydrogens is 220 g/mol. The second kappa shape index (κ2) is 4.41. The van der Waals surface area contributed by atoms with Crippen molar-refractivity contribution >= 4 is 5.78 Å². The van der Waals surface area contributed by atoms with E-state index in [2.05, 4.69) is 24.3 Å². The molecule has 3 rings (SSSR count). The first kappa shape index (κ1) is 11.2. The Labute approximate surface area is 107 Å². The fraction of sp³-hybridized carbons (Fsp3) is 0.235. The Hall–Kier alpha value is -1.89. The highest BCUT2D eigenvalue weighted by Gasteiger charge is 2.28. The molecule has 0 unspecified atom stereocenters. The van der Waals surface area contributed by atoms with Crippen molar-refractivity contribution in [1.82, 2.24) is 0 Å². The van der Waals surface area contributed by atoms with Crippen LogP contribution in [0.2, 0.25) is 0 Å². The molecule has 2 aromatic carbocycles. The molecule has 2 aromatic rings. The molecule has 1 heteroatoms. The van der Waals surface area contributed by atoms with Gasteiger partial charge in [0.1, 0.15) is 0 Å². The average molecular weight is 236 g/mol. The third-order valence-corrected chi connectivity index (χ3v) is 3.75. The molecule has 0 spiro atoms. The topological polar surface area (TPSA) is 17.1 Å². The maximum absolute atomic E-state index is 12.6. The molecule has 0 N–H and O–H groups in total. The summed E-state index contributed by atoms with van der Waals surface area (Å²) in [6.45, 7) is 2.04. The molecule has 0 radical (unpaired) electrons. The zero-order chi connectivity index (χ0) is 12.5. The van der Waals surface area contributed by atoms with Crippen LogP contribution in [-0.4, -0.2) is 5.78 Å². The van der Waals surface area contributed by atoms with Crippen LogP contribution in [0.1, 0.15) is 39.4 Å². The molecule has 1 aliphatic carbocycles. The summed E-state index contributed by atoms with van der Waals surface area (Å²) in [5, 5.41) is 0. The van der Waals surface area contributed by atoms with Crippen LogP contribution in [0.3, 0.4) is 0 Å². The van der Waals surface area contributed by atoms with Gasteiger partial charge in [-0.3, -0.25) is 4.79 Å². The van der Waals surface area contributed by atoms with Crippen LogP contribution in [0.5, 0.6) is 0 Å². The predicted molar refractivity (Wildman–Crippen MR) is 73.0 cm³/mol. The van der Waals surface area contributed by atoms with E-state index in [0.717, 1.165) is 29.5 Å². The van der Waals surface area contributed by atoms with Crippen LogP contribution >= 0.6 is 0 Å². The Kier molecular flexibility index (Phi) is 2.75. The lowest BCUT2D eigenvalue weighted by Crippen LogP contribution is -2.21. The van der Waals surface area contributed by atoms with Crippen LogP contribution in [-0.2, 0) is 6.42 Å². The summed E-state index contributed by atoms with van der Waals surface area (Å²) in [6, 6.07) is 16.4. The lowest BCUT2D eigenvalue weighted by atomic mass is 9.79. The number of ketones is 1. The van der Waals surface area contributed by atoms with Crippen molar-refractivity contribution in [2.45, 2.75) is 25.7 Å². The van der Waals surface area contributed by atoms with Crippen molar-refractivity contribution in [3.05, 3.63) is 70.8 Å². The minimum atomic E-state index is 0.0421. The molecule has 0 aromatic heterocycles. The van der Waals surface area contributed by atoms with E-state index >= 15 is 0 Å². The third-order valence-electron chi connectivity index (χ3n) is 3.75. The second-order valence-corrected chi connectivity index (χ2v) is 5.03. The summed E-state index contributed by atoms with van der Waals surface area (Å²) >= 11 is 0. The molecule has 0 heterocycles. The van der Waals surface area contributed by atoms with Crippen LogP contribution < -0.4 is 0 Å². The van der Waals surface area contributed by atoms with Crippen molar-refractivity contribution < 1.29 is 4.79 Å². The van der Waals surface area contributed by atoms with Gasteiger partial charge in [-0.05, 0) is 37.0 Å². The summed E-state index contributed by atoms with van der Waals surface area (Å²) in [6.07, 6.45) is 1.93. The van der Waals surface area contributed by atoms with E-state index in [0.29, 0.717) is 0 Å². The van der Waals surface area contributed by atoms with E-state index in [1.54, 1.807) is 0 Å². The number of carbonyl (C=O) groups is 1. The fourth-order valence-corrected chi connectivity index (χ4v) is 2.76. The zero-order valence-corrected chi connectivity index (χ0v) is 10.5. The summed E-state index contributed by atoms with van der Waals surface area (Å²) in [5.74, 6) is 0.326. The van der Waals surface area contributed by atoms with Crippen molar-refractivity contribution in [1.29, 1.82) is 0 Å². The average Bonchev–Trinajstić information content (AvgIpc) is 2.41. The van der Waals surface area contributed by atoms with E-state index in [1.807, 2.05) is 31.2 Å². The Morgan fingerprint density at radius 3 is 2.61 bits per heavy atom. The van der Waals surface area contributed by atoms with Crippen molar-refractivity contribution in [2.24, 2.45) is 0 Å². The standard InChI is InChI=1S/C17H16O/c1-12-7-8-14-9-10-15(17(18)16(14)11-12)13-5-3-2-4-6-13/h2-8,11,15H,9-10H2,1H3/t15-/m1/s1. The Bertz CT molecular complexity index is 584. The number of Topliss-reactive ketones (excluding diaryl/α,β-unsaturated/α-hetero) is 1. The lowest BCUT2D eigenvalue weighted by molar-refractivity contribution is 0.0946. The molecule has 0 amide bonds. The number of hydrogen-bond acceptors (Lipinski definition) is 1. The Morgan fingerprint density at radius 1 is 1.06 bits per heavy atom. The molecule has 0 aliphatic heterocycles. The number of carbonyl (C=O) groups excluding carboxylic acids is 1. The molecule has 90 valence electrons. The van der Waals surface area contributed by atoms with Crippen LogP contribution in [0.4, 0.5) is 0 Å². The van der Waals surface area contributed by atoms with E-state index < -0.39 is 0 Å². The Morgan fingerprint density at radius 2 is 1.83 bits per heavy atom.